The summed E-state index contributed by atoms with van der Waals surface area (Å²) >= 11 is 0. The fraction of sp³-hybridized carbons (Fsp3) is 0.600. The van der Waals surface area contributed by atoms with Crippen LogP contribution in [0.1, 0.15) is 24.0 Å². The minimum Gasteiger partial charge on any atom is -0.374 e. The molecule has 17 heavy (non-hydrogen) atoms. The first-order valence-corrected chi connectivity index (χ1v) is 6.49. The first kappa shape index (κ1) is 12.4. The van der Waals surface area contributed by atoms with E-state index < -0.39 is 0 Å². The van der Waals surface area contributed by atoms with Gasteiger partial charge in [0.1, 0.15) is 0 Å². The molecule has 2 rings (SSSR count). The Morgan fingerprint density at radius 2 is 2.00 bits per heavy atom. The molecule has 0 amide bonds. The van der Waals surface area contributed by atoms with Crippen LogP contribution in [0.15, 0.2) is 18.2 Å². The number of nitrogens with zero attached hydrogens (tertiary/aromatic N) is 1. The van der Waals surface area contributed by atoms with Crippen LogP contribution in [0.5, 0.6) is 0 Å². The van der Waals surface area contributed by atoms with E-state index in [4.69, 9.17) is 0 Å². The second-order valence-corrected chi connectivity index (χ2v) is 5.68. The minimum atomic E-state index is 0.527. The number of hydrogen-bond donors (Lipinski definition) is 1. The maximum absolute atomic E-state index is 3.33. The largest absolute Gasteiger partial charge is 0.374 e. The van der Waals surface area contributed by atoms with Gasteiger partial charge in [0.2, 0.25) is 0 Å². The van der Waals surface area contributed by atoms with E-state index in [-0.39, 0.29) is 0 Å². The third-order valence-electron chi connectivity index (χ3n) is 3.86. The van der Waals surface area contributed by atoms with Gasteiger partial charge in [0, 0.05) is 31.2 Å². The van der Waals surface area contributed by atoms with E-state index in [1.807, 2.05) is 0 Å². The van der Waals surface area contributed by atoms with Crippen molar-refractivity contribution in [1.82, 2.24) is 5.32 Å². The molecule has 2 nitrogen and oxygen atoms in total. The second-order valence-electron chi connectivity index (χ2n) is 5.68. The number of benzene rings is 1. The maximum Gasteiger partial charge on any atom is 0.0396 e. The van der Waals surface area contributed by atoms with Crippen molar-refractivity contribution in [1.29, 1.82) is 0 Å². The molecular formula is C15H24N2. The molecule has 0 bridgehead atoms. The molecule has 0 aromatic heterocycles. The Balaban J connectivity index is 2.09. The van der Waals surface area contributed by atoms with Crippen LogP contribution in [0.3, 0.4) is 0 Å². The normalized spacial score (nSPS) is 16.9. The van der Waals surface area contributed by atoms with Crippen LogP contribution in [0.2, 0.25) is 0 Å². The number of aryl methyl sites for hydroxylation is 2. The van der Waals surface area contributed by atoms with Gasteiger partial charge < -0.3 is 10.2 Å². The number of nitrogens with one attached hydrogen (secondary N) is 1. The van der Waals surface area contributed by atoms with E-state index in [9.17, 15) is 0 Å². The molecule has 0 atom stereocenters. The van der Waals surface area contributed by atoms with Crippen LogP contribution in [-0.4, -0.2) is 27.2 Å². The van der Waals surface area contributed by atoms with Gasteiger partial charge in [-0.2, -0.15) is 0 Å². The van der Waals surface area contributed by atoms with Crippen molar-refractivity contribution < 1.29 is 0 Å². The van der Waals surface area contributed by atoms with E-state index in [1.165, 1.54) is 29.7 Å². The molecule has 0 unspecified atom stereocenters. The summed E-state index contributed by atoms with van der Waals surface area (Å²) in [5.74, 6) is 0. The first-order valence-electron chi connectivity index (χ1n) is 6.49. The summed E-state index contributed by atoms with van der Waals surface area (Å²) in [5, 5.41) is 3.33. The Morgan fingerprint density at radius 3 is 2.59 bits per heavy atom. The van der Waals surface area contributed by atoms with Crippen LogP contribution in [0.25, 0.3) is 0 Å². The fourth-order valence-corrected chi connectivity index (χ4v) is 2.66. The average molecular weight is 232 g/mol. The predicted molar refractivity (Wildman–Crippen MR) is 74.8 cm³/mol. The summed E-state index contributed by atoms with van der Waals surface area (Å²) in [7, 11) is 4.27. The smallest absolute Gasteiger partial charge is 0.0396 e. The molecule has 2 heteroatoms. The number of rotatable bonds is 5. The molecule has 0 saturated heterocycles. The van der Waals surface area contributed by atoms with E-state index in [1.54, 1.807) is 0 Å². The standard InChI is InChI=1S/C15H24N2/c1-12-5-6-13(2)14(9-12)17(4)11-15(7-8-15)10-16-3/h5-6,9,16H,7-8,10-11H2,1-4H3. The van der Waals surface area contributed by atoms with Crippen molar-refractivity contribution in [2.45, 2.75) is 26.7 Å². The lowest BCUT2D eigenvalue weighted by Gasteiger charge is -2.27. The summed E-state index contributed by atoms with van der Waals surface area (Å²) in [6.07, 6.45) is 2.73. The Kier molecular flexibility index (Phi) is 3.43. The van der Waals surface area contributed by atoms with Gasteiger partial charge in [-0.15, -0.1) is 0 Å². The molecule has 0 aliphatic heterocycles. The van der Waals surface area contributed by atoms with Crippen molar-refractivity contribution in [2.24, 2.45) is 5.41 Å². The van der Waals surface area contributed by atoms with Gasteiger partial charge in [0.05, 0.1) is 0 Å². The lowest BCUT2D eigenvalue weighted by Crippen LogP contribution is -2.33. The van der Waals surface area contributed by atoms with E-state index in [2.05, 4.69) is 56.4 Å². The fourth-order valence-electron chi connectivity index (χ4n) is 2.66. The van der Waals surface area contributed by atoms with Crippen LogP contribution >= 0.6 is 0 Å². The molecule has 1 aliphatic carbocycles. The van der Waals surface area contributed by atoms with Gasteiger partial charge in [-0.3, -0.25) is 0 Å². The Hall–Kier alpha value is -1.02. The summed E-state index contributed by atoms with van der Waals surface area (Å²) in [6, 6.07) is 6.71. The third kappa shape index (κ3) is 2.81. The molecule has 0 heterocycles. The van der Waals surface area contributed by atoms with Gasteiger partial charge in [-0.1, -0.05) is 12.1 Å². The molecule has 0 spiro atoms. The van der Waals surface area contributed by atoms with Crippen LogP contribution < -0.4 is 10.2 Å². The summed E-state index contributed by atoms with van der Waals surface area (Å²) < 4.78 is 0. The first-order chi connectivity index (χ1) is 8.06. The van der Waals surface area contributed by atoms with Crippen LogP contribution in [0, 0.1) is 19.3 Å². The quantitative estimate of drug-likeness (QED) is 0.840. The van der Waals surface area contributed by atoms with Gasteiger partial charge >= 0.3 is 0 Å². The Labute approximate surface area is 105 Å². The van der Waals surface area contributed by atoms with Crippen LogP contribution in [-0.2, 0) is 0 Å². The molecule has 1 aromatic carbocycles. The number of anilines is 1. The zero-order chi connectivity index (χ0) is 12.5. The molecule has 1 aromatic rings. The van der Waals surface area contributed by atoms with Crippen molar-refractivity contribution in [3.63, 3.8) is 0 Å². The molecule has 94 valence electrons. The van der Waals surface area contributed by atoms with E-state index in [0.717, 1.165) is 13.1 Å². The third-order valence-corrected chi connectivity index (χ3v) is 3.86. The van der Waals surface area contributed by atoms with Crippen molar-refractivity contribution in [2.75, 3.05) is 32.1 Å². The zero-order valence-electron chi connectivity index (χ0n) is 11.5. The second kappa shape index (κ2) is 4.69. The molecule has 0 radical (unpaired) electrons. The lowest BCUT2D eigenvalue weighted by atomic mass is 10.0. The zero-order valence-corrected chi connectivity index (χ0v) is 11.5. The SMILES string of the molecule is CNCC1(CN(C)c2cc(C)ccc2C)CC1. The van der Waals surface area contributed by atoms with Crippen molar-refractivity contribution in [3.8, 4) is 0 Å². The molecule has 1 saturated carbocycles. The lowest BCUT2D eigenvalue weighted by molar-refractivity contribution is 0.482. The topological polar surface area (TPSA) is 15.3 Å². The highest BCUT2D eigenvalue weighted by atomic mass is 15.1. The highest BCUT2D eigenvalue weighted by Crippen LogP contribution is 2.46. The maximum atomic E-state index is 3.33. The van der Waals surface area contributed by atoms with E-state index in [0.29, 0.717) is 5.41 Å². The Morgan fingerprint density at radius 1 is 1.29 bits per heavy atom. The molecule has 1 fully saturated rings. The van der Waals surface area contributed by atoms with Gasteiger partial charge in [-0.05, 0) is 50.9 Å². The summed E-state index contributed by atoms with van der Waals surface area (Å²) in [5.41, 5.74) is 4.63. The van der Waals surface area contributed by atoms with Gasteiger partial charge in [-0.25, -0.2) is 0 Å². The molecule has 1 N–H and O–H groups in total. The van der Waals surface area contributed by atoms with Crippen LogP contribution in [0.4, 0.5) is 5.69 Å². The van der Waals surface area contributed by atoms with E-state index >= 15 is 0 Å². The summed E-state index contributed by atoms with van der Waals surface area (Å²) in [6.45, 7) is 6.67. The van der Waals surface area contributed by atoms with Gasteiger partial charge in [0.25, 0.3) is 0 Å². The summed E-state index contributed by atoms with van der Waals surface area (Å²) in [4.78, 5) is 2.42. The van der Waals surface area contributed by atoms with Crippen molar-refractivity contribution in [3.05, 3.63) is 29.3 Å². The highest BCUT2D eigenvalue weighted by Gasteiger charge is 2.42. The Bertz CT molecular complexity index is 394. The number of hydrogen-bond acceptors (Lipinski definition) is 2. The van der Waals surface area contributed by atoms with Gasteiger partial charge in [0.15, 0.2) is 0 Å². The monoisotopic (exact) mass is 232 g/mol. The minimum absolute atomic E-state index is 0.527. The van der Waals surface area contributed by atoms with Crippen molar-refractivity contribution >= 4 is 5.69 Å². The predicted octanol–water partition coefficient (Wildman–Crippen LogP) is 2.74. The highest BCUT2D eigenvalue weighted by molar-refractivity contribution is 5.54. The average Bonchev–Trinajstić information content (AvgIpc) is 3.02. The molecule has 1 aliphatic rings. The molecular weight excluding hydrogens is 208 g/mol.